The van der Waals surface area contributed by atoms with E-state index in [4.69, 9.17) is 5.11 Å². The molecule has 0 radical (unpaired) electrons. The second-order valence-electron chi connectivity index (χ2n) is 3.68. The van der Waals surface area contributed by atoms with Gasteiger partial charge in [-0.15, -0.1) is 0 Å². The van der Waals surface area contributed by atoms with Crippen molar-refractivity contribution in [1.29, 1.82) is 0 Å². The highest BCUT2D eigenvalue weighted by atomic mass is 19.1. The lowest BCUT2D eigenvalue weighted by Crippen LogP contribution is -2.35. The predicted octanol–water partition coefficient (Wildman–Crippen LogP) is 1.68. The molecule has 5 heteroatoms. The van der Waals surface area contributed by atoms with Crippen LogP contribution in [0, 0.1) is 12.7 Å². The molecule has 1 N–H and O–H groups in total. The second-order valence-corrected chi connectivity index (χ2v) is 3.68. The van der Waals surface area contributed by atoms with E-state index in [2.05, 4.69) is 0 Å². The number of benzene rings is 1. The molecule has 0 aliphatic heterocycles. The van der Waals surface area contributed by atoms with Crippen molar-refractivity contribution >= 4 is 11.9 Å². The molecule has 0 atom stereocenters. The molecule has 0 fully saturated rings. The monoisotopic (exact) mass is 239 g/mol. The van der Waals surface area contributed by atoms with Crippen LogP contribution in [-0.4, -0.2) is 35.0 Å². The van der Waals surface area contributed by atoms with Crippen molar-refractivity contribution in [2.75, 3.05) is 13.1 Å². The lowest BCUT2D eigenvalue weighted by atomic mass is 10.1. The number of hydrogen-bond donors (Lipinski definition) is 1. The maximum atomic E-state index is 13.3. The van der Waals surface area contributed by atoms with Gasteiger partial charge < -0.3 is 10.0 Å². The number of carboxylic acid groups (broad SMARTS) is 1. The number of halogens is 1. The van der Waals surface area contributed by atoms with Gasteiger partial charge in [0.1, 0.15) is 12.4 Å². The smallest absolute Gasteiger partial charge is 0.323 e. The van der Waals surface area contributed by atoms with Crippen LogP contribution in [0.1, 0.15) is 22.8 Å². The number of carbonyl (C=O) groups is 2. The molecule has 0 saturated heterocycles. The van der Waals surface area contributed by atoms with E-state index in [1.807, 2.05) is 0 Å². The number of amides is 1. The molecule has 1 aromatic rings. The Balaban J connectivity index is 2.93. The summed E-state index contributed by atoms with van der Waals surface area (Å²) in [6.45, 7) is 3.15. The zero-order valence-electron chi connectivity index (χ0n) is 9.74. The van der Waals surface area contributed by atoms with Gasteiger partial charge in [0.2, 0.25) is 0 Å². The first-order chi connectivity index (χ1) is 7.95. The molecule has 0 heterocycles. The molecule has 0 aromatic heterocycles. The van der Waals surface area contributed by atoms with Gasteiger partial charge in [-0.1, -0.05) is 6.07 Å². The predicted molar refractivity (Wildman–Crippen MR) is 60.4 cm³/mol. The Bertz CT molecular complexity index is 445. The van der Waals surface area contributed by atoms with E-state index in [0.29, 0.717) is 5.56 Å². The van der Waals surface area contributed by atoms with Crippen LogP contribution in [0.2, 0.25) is 0 Å². The zero-order valence-corrected chi connectivity index (χ0v) is 9.74. The highest BCUT2D eigenvalue weighted by molar-refractivity contribution is 5.95. The number of aryl methyl sites for hydroxylation is 1. The van der Waals surface area contributed by atoms with Crippen LogP contribution in [0.5, 0.6) is 0 Å². The SMILES string of the molecule is CCN(CC(=O)O)C(=O)c1ccc(C)c(F)c1. The van der Waals surface area contributed by atoms with E-state index in [-0.39, 0.29) is 18.7 Å². The highest BCUT2D eigenvalue weighted by Crippen LogP contribution is 2.11. The van der Waals surface area contributed by atoms with Crippen molar-refractivity contribution in [2.24, 2.45) is 0 Å². The summed E-state index contributed by atoms with van der Waals surface area (Å²) in [6, 6.07) is 4.12. The number of likely N-dealkylation sites (N-methyl/N-ethyl adjacent to an activating group) is 1. The Labute approximate surface area is 98.7 Å². The minimum atomic E-state index is -1.09. The molecule has 0 bridgehead atoms. The summed E-state index contributed by atoms with van der Waals surface area (Å²) in [5.74, 6) is -2.04. The van der Waals surface area contributed by atoms with Crippen LogP contribution in [0.3, 0.4) is 0 Å². The van der Waals surface area contributed by atoms with Crippen molar-refractivity contribution in [3.8, 4) is 0 Å². The molecule has 4 nitrogen and oxygen atoms in total. The van der Waals surface area contributed by atoms with E-state index in [1.54, 1.807) is 13.8 Å². The largest absolute Gasteiger partial charge is 0.480 e. The molecule has 1 rings (SSSR count). The van der Waals surface area contributed by atoms with Gasteiger partial charge >= 0.3 is 5.97 Å². The van der Waals surface area contributed by atoms with Crippen LogP contribution in [0.15, 0.2) is 18.2 Å². The summed E-state index contributed by atoms with van der Waals surface area (Å²) < 4.78 is 13.3. The molecule has 0 unspecified atom stereocenters. The summed E-state index contributed by atoms with van der Waals surface area (Å²) in [5, 5.41) is 8.64. The molecule has 1 aromatic carbocycles. The summed E-state index contributed by atoms with van der Waals surface area (Å²) in [5.41, 5.74) is 0.610. The Morgan fingerprint density at radius 2 is 2.06 bits per heavy atom. The number of aliphatic carboxylic acids is 1. The zero-order chi connectivity index (χ0) is 13.0. The highest BCUT2D eigenvalue weighted by Gasteiger charge is 2.17. The molecule has 0 aliphatic rings. The first-order valence-corrected chi connectivity index (χ1v) is 5.23. The molecular formula is C12H14FNO3. The van der Waals surface area contributed by atoms with Crippen molar-refractivity contribution in [2.45, 2.75) is 13.8 Å². The summed E-state index contributed by atoms with van der Waals surface area (Å²) in [6.07, 6.45) is 0. The van der Waals surface area contributed by atoms with Crippen LogP contribution >= 0.6 is 0 Å². The first kappa shape index (κ1) is 13.2. The number of carboxylic acids is 1. The van der Waals surface area contributed by atoms with E-state index >= 15 is 0 Å². The number of hydrogen-bond acceptors (Lipinski definition) is 2. The lowest BCUT2D eigenvalue weighted by molar-refractivity contribution is -0.137. The van der Waals surface area contributed by atoms with Crippen molar-refractivity contribution < 1.29 is 19.1 Å². The van der Waals surface area contributed by atoms with Crippen molar-refractivity contribution in [3.05, 3.63) is 35.1 Å². The van der Waals surface area contributed by atoms with Gasteiger partial charge in [0.05, 0.1) is 0 Å². The van der Waals surface area contributed by atoms with Crippen LogP contribution in [0.4, 0.5) is 4.39 Å². The lowest BCUT2D eigenvalue weighted by Gasteiger charge is -2.18. The quantitative estimate of drug-likeness (QED) is 0.869. The van der Waals surface area contributed by atoms with Gasteiger partial charge in [-0.25, -0.2) is 4.39 Å². The molecule has 17 heavy (non-hydrogen) atoms. The molecule has 0 spiro atoms. The number of carbonyl (C=O) groups excluding carboxylic acids is 1. The van der Waals surface area contributed by atoms with Crippen molar-refractivity contribution in [3.63, 3.8) is 0 Å². The fourth-order valence-corrected chi connectivity index (χ4v) is 1.40. The molecular weight excluding hydrogens is 225 g/mol. The summed E-state index contributed by atoms with van der Waals surface area (Å²) in [7, 11) is 0. The van der Waals surface area contributed by atoms with Gasteiger partial charge in [-0.3, -0.25) is 9.59 Å². The summed E-state index contributed by atoms with van der Waals surface area (Å²) in [4.78, 5) is 23.6. The van der Waals surface area contributed by atoms with Gasteiger partial charge in [-0.05, 0) is 31.5 Å². The third kappa shape index (κ3) is 3.27. The second kappa shape index (κ2) is 5.43. The molecule has 0 aliphatic carbocycles. The molecule has 1 amide bonds. The number of rotatable bonds is 4. The standard InChI is InChI=1S/C12H14FNO3/c1-3-14(7-11(15)16)12(17)9-5-4-8(2)10(13)6-9/h4-6H,3,7H2,1-2H3,(H,15,16). The first-order valence-electron chi connectivity index (χ1n) is 5.23. The van der Waals surface area contributed by atoms with Crippen molar-refractivity contribution in [1.82, 2.24) is 4.90 Å². The van der Waals surface area contributed by atoms with E-state index in [1.165, 1.54) is 12.1 Å². The van der Waals surface area contributed by atoms with Crippen LogP contribution in [0.25, 0.3) is 0 Å². The maximum absolute atomic E-state index is 13.3. The van der Waals surface area contributed by atoms with E-state index in [9.17, 15) is 14.0 Å². The fourth-order valence-electron chi connectivity index (χ4n) is 1.40. The van der Waals surface area contributed by atoms with Gasteiger partial charge in [-0.2, -0.15) is 0 Å². The Kier molecular flexibility index (Phi) is 4.20. The normalized spacial score (nSPS) is 10.1. The topological polar surface area (TPSA) is 57.6 Å². The Hall–Kier alpha value is -1.91. The Morgan fingerprint density at radius 1 is 1.41 bits per heavy atom. The van der Waals surface area contributed by atoms with Crippen LogP contribution in [-0.2, 0) is 4.79 Å². The minimum Gasteiger partial charge on any atom is -0.480 e. The average molecular weight is 239 g/mol. The van der Waals surface area contributed by atoms with Gasteiger partial charge in [0.25, 0.3) is 5.91 Å². The Morgan fingerprint density at radius 3 is 2.53 bits per heavy atom. The number of nitrogens with zero attached hydrogens (tertiary/aromatic N) is 1. The van der Waals surface area contributed by atoms with Gasteiger partial charge in [0.15, 0.2) is 0 Å². The maximum Gasteiger partial charge on any atom is 0.323 e. The minimum absolute atomic E-state index is 0.163. The van der Waals surface area contributed by atoms with E-state index in [0.717, 1.165) is 11.0 Å². The summed E-state index contributed by atoms with van der Waals surface area (Å²) >= 11 is 0. The average Bonchev–Trinajstić information content (AvgIpc) is 2.28. The molecule has 92 valence electrons. The fraction of sp³-hybridized carbons (Fsp3) is 0.333. The van der Waals surface area contributed by atoms with Gasteiger partial charge in [0, 0.05) is 12.1 Å². The van der Waals surface area contributed by atoms with E-state index < -0.39 is 17.7 Å². The third-order valence-corrected chi connectivity index (χ3v) is 2.41. The third-order valence-electron chi connectivity index (χ3n) is 2.41. The van der Waals surface area contributed by atoms with Crippen LogP contribution < -0.4 is 0 Å². The molecule has 0 saturated carbocycles.